The lowest BCUT2D eigenvalue weighted by Crippen LogP contribution is -2.44. The van der Waals surface area contributed by atoms with Crippen molar-refractivity contribution >= 4 is 34.6 Å². The first-order chi connectivity index (χ1) is 12.5. The van der Waals surface area contributed by atoms with Gasteiger partial charge in [-0.1, -0.05) is 18.2 Å². The van der Waals surface area contributed by atoms with Crippen molar-refractivity contribution in [2.75, 3.05) is 20.6 Å². The van der Waals surface area contributed by atoms with Crippen LogP contribution in [-0.4, -0.2) is 62.7 Å². The molecule has 1 spiro atoms. The summed E-state index contributed by atoms with van der Waals surface area (Å²) in [6.45, 7) is 0.980. The standard InChI is InChI=1S/C18H18N4O3S/c1-21(8-10-3-4-11-12(7-10)20-26-19-11)16(23)14-13-5-6-18(25-13)9-22(2)17(24)15(14)18/h3-7,13-15H,8-9H2,1-2H3/t13-,14-,15+,18-/m0/s1. The smallest absolute Gasteiger partial charge is 0.229 e. The summed E-state index contributed by atoms with van der Waals surface area (Å²) in [5.74, 6) is -0.917. The highest BCUT2D eigenvalue weighted by Gasteiger charge is 2.66. The van der Waals surface area contributed by atoms with Crippen LogP contribution in [-0.2, 0) is 20.9 Å². The number of nitrogens with zero attached hydrogens (tertiary/aromatic N) is 4. The van der Waals surface area contributed by atoms with Crippen LogP contribution in [0.1, 0.15) is 5.56 Å². The predicted octanol–water partition coefficient (Wildman–Crippen LogP) is 1.06. The quantitative estimate of drug-likeness (QED) is 0.756. The third-order valence-corrected chi connectivity index (χ3v) is 6.25. The minimum Gasteiger partial charge on any atom is -0.360 e. The van der Waals surface area contributed by atoms with E-state index in [0.717, 1.165) is 16.6 Å². The molecule has 1 aromatic heterocycles. The van der Waals surface area contributed by atoms with E-state index in [-0.39, 0.29) is 17.9 Å². The van der Waals surface area contributed by atoms with Gasteiger partial charge in [-0.15, -0.1) is 0 Å². The molecule has 4 atom stereocenters. The minimum absolute atomic E-state index is 0.00133. The molecule has 0 radical (unpaired) electrons. The minimum atomic E-state index is -0.622. The zero-order valence-corrected chi connectivity index (χ0v) is 15.3. The Labute approximate surface area is 154 Å². The third-order valence-electron chi connectivity index (χ3n) is 5.69. The maximum absolute atomic E-state index is 13.2. The Bertz CT molecular complexity index is 957. The first kappa shape index (κ1) is 15.9. The molecule has 134 valence electrons. The molecule has 26 heavy (non-hydrogen) atoms. The summed E-state index contributed by atoms with van der Waals surface area (Å²) in [5.41, 5.74) is 2.07. The summed E-state index contributed by atoms with van der Waals surface area (Å²) in [7, 11) is 3.54. The van der Waals surface area contributed by atoms with Crippen molar-refractivity contribution < 1.29 is 14.3 Å². The maximum atomic E-state index is 13.2. The predicted molar refractivity (Wildman–Crippen MR) is 95.3 cm³/mol. The zero-order chi connectivity index (χ0) is 18.1. The normalized spacial score (nSPS) is 31.8. The van der Waals surface area contributed by atoms with Gasteiger partial charge in [-0.05, 0) is 17.7 Å². The van der Waals surface area contributed by atoms with E-state index < -0.39 is 17.4 Å². The van der Waals surface area contributed by atoms with Gasteiger partial charge in [-0.3, -0.25) is 9.59 Å². The number of amides is 2. The number of aromatic nitrogens is 2. The van der Waals surface area contributed by atoms with Crippen LogP contribution < -0.4 is 0 Å². The number of rotatable bonds is 3. The van der Waals surface area contributed by atoms with Crippen LogP contribution in [0.15, 0.2) is 30.4 Å². The largest absolute Gasteiger partial charge is 0.360 e. The highest BCUT2D eigenvalue weighted by molar-refractivity contribution is 7.00. The Balaban J connectivity index is 1.39. The number of hydrogen-bond acceptors (Lipinski definition) is 6. The molecule has 8 heteroatoms. The second kappa shape index (κ2) is 5.34. The molecule has 5 rings (SSSR count). The van der Waals surface area contributed by atoms with Gasteiger partial charge in [0.1, 0.15) is 16.6 Å². The van der Waals surface area contributed by atoms with Gasteiger partial charge in [-0.2, -0.15) is 8.75 Å². The lowest BCUT2D eigenvalue weighted by atomic mass is 9.76. The highest BCUT2D eigenvalue weighted by Crippen LogP contribution is 2.51. The van der Waals surface area contributed by atoms with E-state index in [1.165, 1.54) is 11.7 Å². The molecule has 2 amide bonds. The van der Waals surface area contributed by atoms with Crippen molar-refractivity contribution in [2.24, 2.45) is 11.8 Å². The van der Waals surface area contributed by atoms with Crippen LogP contribution >= 0.6 is 11.7 Å². The number of ether oxygens (including phenoxy) is 1. The van der Waals surface area contributed by atoms with Gasteiger partial charge < -0.3 is 14.5 Å². The molecule has 7 nitrogen and oxygen atoms in total. The number of likely N-dealkylation sites (tertiary alicyclic amines) is 1. The molecular weight excluding hydrogens is 352 g/mol. The lowest BCUT2D eigenvalue weighted by molar-refractivity contribution is -0.142. The second-order valence-electron chi connectivity index (χ2n) is 7.38. The van der Waals surface area contributed by atoms with Gasteiger partial charge in [0.15, 0.2) is 0 Å². The van der Waals surface area contributed by atoms with E-state index >= 15 is 0 Å². The van der Waals surface area contributed by atoms with E-state index in [1.54, 1.807) is 23.9 Å². The third kappa shape index (κ3) is 2.09. The molecule has 0 N–H and O–H groups in total. The maximum Gasteiger partial charge on any atom is 0.229 e. The average molecular weight is 370 g/mol. The zero-order valence-electron chi connectivity index (χ0n) is 14.5. The van der Waals surface area contributed by atoms with Crippen LogP contribution in [0.3, 0.4) is 0 Å². The van der Waals surface area contributed by atoms with Crippen LogP contribution in [0.4, 0.5) is 0 Å². The number of fused-ring (bicyclic) bond motifs is 2. The summed E-state index contributed by atoms with van der Waals surface area (Å²) in [5, 5.41) is 0. The fourth-order valence-corrected chi connectivity index (χ4v) is 5.02. The Morgan fingerprint density at radius 2 is 2.23 bits per heavy atom. The van der Waals surface area contributed by atoms with Gasteiger partial charge >= 0.3 is 0 Å². The van der Waals surface area contributed by atoms with E-state index in [2.05, 4.69) is 8.75 Å². The van der Waals surface area contributed by atoms with Crippen molar-refractivity contribution in [3.05, 3.63) is 35.9 Å². The summed E-state index contributed by atoms with van der Waals surface area (Å²) < 4.78 is 14.5. The first-order valence-corrected chi connectivity index (χ1v) is 9.30. The molecular formula is C18H18N4O3S. The number of hydrogen-bond donors (Lipinski definition) is 0. The van der Waals surface area contributed by atoms with Crippen LogP contribution in [0.5, 0.6) is 0 Å². The van der Waals surface area contributed by atoms with E-state index in [9.17, 15) is 9.59 Å². The number of benzene rings is 1. The SMILES string of the molecule is CN(Cc1ccc2nsnc2c1)C(=O)[C@H]1[C@@H]2C=C[C@@]3(CN(C)C(=O)[C@@H]13)O2. The monoisotopic (exact) mass is 370 g/mol. The first-order valence-electron chi connectivity index (χ1n) is 8.57. The van der Waals surface area contributed by atoms with Crippen molar-refractivity contribution in [3.63, 3.8) is 0 Å². The van der Waals surface area contributed by atoms with Crippen LogP contribution in [0.25, 0.3) is 11.0 Å². The number of carbonyl (C=O) groups is 2. The van der Waals surface area contributed by atoms with Crippen molar-refractivity contribution in [1.82, 2.24) is 18.5 Å². The Kier molecular flexibility index (Phi) is 3.27. The fourth-order valence-electron chi connectivity index (χ4n) is 4.51. The van der Waals surface area contributed by atoms with Gasteiger partial charge in [-0.25, -0.2) is 0 Å². The molecule has 1 aromatic carbocycles. The molecule has 0 aliphatic carbocycles. The van der Waals surface area contributed by atoms with E-state index in [4.69, 9.17) is 4.74 Å². The van der Waals surface area contributed by atoms with Crippen LogP contribution in [0.2, 0.25) is 0 Å². The van der Waals surface area contributed by atoms with Crippen molar-refractivity contribution in [1.29, 1.82) is 0 Å². The lowest BCUT2D eigenvalue weighted by Gasteiger charge is -2.27. The van der Waals surface area contributed by atoms with Gasteiger partial charge in [0.25, 0.3) is 0 Å². The molecule has 2 bridgehead atoms. The Hall–Kier alpha value is -2.32. The molecule has 4 heterocycles. The highest BCUT2D eigenvalue weighted by atomic mass is 32.1. The van der Waals surface area contributed by atoms with E-state index in [1.807, 2.05) is 30.4 Å². The molecule has 0 unspecified atom stereocenters. The number of carbonyl (C=O) groups excluding carboxylic acids is 2. The summed E-state index contributed by atoms with van der Waals surface area (Å²) in [6.07, 6.45) is 3.60. The molecule has 3 aliphatic rings. The van der Waals surface area contributed by atoms with E-state index in [0.29, 0.717) is 13.1 Å². The molecule has 0 saturated carbocycles. The summed E-state index contributed by atoms with van der Waals surface area (Å²) >= 11 is 1.18. The van der Waals surface area contributed by atoms with Crippen molar-refractivity contribution in [3.8, 4) is 0 Å². The summed E-state index contributed by atoms with van der Waals surface area (Å²) in [6, 6.07) is 5.83. The van der Waals surface area contributed by atoms with Gasteiger partial charge in [0.2, 0.25) is 11.8 Å². The molecule has 2 aromatic rings. The van der Waals surface area contributed by atoms with Crippen molar-refractivity contribution in [2.45, 2.75) is 18.2 Å². The number of likely N-dealkylation sites (N-methyl/N-ethyl adjacent to an activating group) is 1. The fraction of sp³-hybridized carbons (Fsp3) is 0.444. The topological polar surface area (TPSA) is 75.6 Å². The molecule has 3 aliphatic heterocycles. The van der Waals surface area contributed by atoms with Crippen LogP contribution in [0, 0.1) is 11.8 Å². The molecule has 2 saturated heterocycles. The van der Waals surface area contributed by atoms with Gasteiger partial charge in [0.05, 0.1) is 36.2 Å². The Morgan fingerprint density at radius 3 is 3.08 bits per heavy atom. The average Bonchev–Trinajstić information content (AvgIpc) is 3.35. The Morgan fingerprint density at radius 1 is 1.42 bits per heavy atom. The summed E-state index contributed by atoms with van der Waals surface area (Å²) in [4.78, 5) is 29.1. The molecule has 2 fully saturated rings. The second-order valence-corrected chi connectivity index (χ2v) is 7.90. The van der Waals surface area contributed by atoms with Gasteiger partial charge in [0, 0.05) is 20.6 Å².